The highest BCUT2D eigenvalue weighted by atomic mass is 32.1. The van der Waals surface area contributed by atoms with Crippen molar-refractivity contribution in [1.82, 2.24) is 14.3 Å². The van der Waals surface area contributed by atoms with E-state index < -0.39 is 36.5 Å². The lowest BCUT2D eigenvalue weighted by Crippen LogP contribution is -2.41. The number of carbonyl (C=O) groups excluding carboxylic acids is 1. The molecular weight excluding hydrogens is 302 g/mol. The van der Waals surface area contributed by atoms with E-state index in [0.29, 0.717) is 9.86 Å². The number of hydrogen-bond donors (Lipinski definition) is 2. The van der Waals surface area contributed by atoms with Crippen LogP contribution in [0.1, 0.15) is 10.4 Å². The molecule has 2 heterocycles. The van der Waals surface area contributed by atoms with Crippen LogP contribution in [0.4, 0.5) is 0 Å². The third kappa shape index (κ3) is 3.05. The number of nitrogens with zero attached hydrogens (tertiary/aromatic N) is 3. The molecule has 0 unspecified atom stereocenters. The molecule has 0 aliphatic rings. The third-order valence-electron chi connectivity index (χ3n) is 2.51. The van der Waals surface area contributed by atoms with Gasteiger partial charge in [-0.05, 0) is 0 Å². The Morgan fingerprint density at radius 3 is 2.43 bits per heavy atom. The molecule has 0 fully saturated rings. The van der Waals surface area contributed by atoms with Crippen LogP contribution in [-0.2, 0) is 9.59 Å². The normalized spacial score (nSPS) is 10.5. The number of rotatable bonds is 5. The van der Waals surface area contributed by atoms with Crippen molar-refractivity contribution in [3.05, 3.63) is 33.7 Å². The lowest BCUT2D eigenvalue weighted by Gasteiger charge is -2.17. The molecule has 0 saturated carbocycles. The van der Waals surface area contributed by atoms with Gasteiger partial charge in [0.05, 0.1) is 0 Å². The van der Waals surface area contributed by atoms with Gasteiger partial charge in [0.1, 0.15) is 18.7 Å². The first kappa shape index (κ1) is 14.7. The van der Waals surface area contributed by atoms with Crippen LogP contribution in [0.3, 0.4) is 0 Å². The number of carbonyl (C=O) groups is 3. The summed E-state index contributed by atoms with van der Waals surface area (Å²) < 4.78 is 1.14. The van der Waals surface area contributed by atoms with Crippen LogP contribution in [-0.4, -0.2) is 55.4 Å². The summed E-state index contributed by atoms with van der Waals surface area (Å²) in [5.41, 5.74) is -1.06. The third-order valence-corrected chi connectivity index (χ3v) is 3.28. The van der Waals surface area contributed by atoms with E-state index in [1.165, 1.54) is 17.5 Å². The number of aromatic nitrogens is 2. The highest BCUT2D eigenvalue weighted by Crippen LogP contribution is 2.07. The maximum Gasteiger partial charge on any atom is 0.323 e. The maximum absolute atomic E-state index is 12.2. The van der Waals surface area contributed by atoms with Crippen LogP contribution in [0.25, 0.3) is 4.96 Å². The Balaban J connectivity index is 2.42. The second-order valence-electron chi connectivity index (χ2n) is 3.98. The molecule has 0 aliphatic heterocycles. The molecule has 0 saturated heterocycles. The summed E-state index contributed by atoms with van der Waals surface area (Å²) in [5, 5.41) is 19.0. The topological polar surface area (TPSA) is 129 Å². The quantitative estimate of drug-likeness (QED) is 0.751. The van der Waals surface area contributed by atoms with Crippen molar-refractivity contribution in [2.75, 3.05) is 13.1 Å². The molecule has 2 aromatic rings. The molecule has 2 aromatic heterocycles. The van der Waals surface area contributed by atoms with Crippen molar-refractivity contribution < 1.29 is 24.6 Å². The molecule has 0 atom stereocenters. The number of fused-ring (bicyclic) bond motifs is 1. The van der Waals surface area contributed by atoms with Gasteiger partial charge in [-0.3, -0.25) is 23.6 Å². The molecule has 0 aromatic carbocycles. The van der Waals surface area contributed by atoms with Gasteiger partial charge in [0.15, 0.2) is 4.96 Å². The highest BCUT2D eigenvalue weighted by Gasteiger charge is 2.24. The SMILES string of the molecule is O=C(O)CN(CC(=O)O)C(=O)c1cnc2sccn2c1=O. The average Bonchev–Trinajstić information content (AvgIpc) is 2.86. The standard InChI is InChI=1S/C11H9N3O6S/c15-7(16)4-13(5-8(17)18)9(19)6-3-12-11-14(10(6)20)1-2-21-11/h1-3H,4-5H2,(H,15,16)(H,17,18). The second kappa shape index (κ2) is 5.71. The maximum atomic E-state index is 12.2. The van der Waals surface area contributed by atoms with E-state index in [-0.39, 0.29) is 5.56 Å². The molecule has 21 heavy (non-hydrogen) atoms. The molecule has 0 radical (unpaired) electrons. The summed E-state index contributed by atoms with van der Waals surface area (Å²) >= 11 is 1.19. The Morgan fingerprint density at radius 1 is 1.24 bits per heavy atom. The van der Waals surface area contributed by atoms with Crippen LogP contribution in [0, 0.1) is 0 Å². The molecule has 9 nitrogen and oxygen atoms in total. The Hall–Kier alpha value is -2.75. The number of carboxylic acids is 2. The van der Waals surface area contributed by atoms with Crippen molar-refractivity contribution in [3.8, 4) is 0 Å². The minimum atomic E-state index is -1.38. The van der Waals surface area contributed by atoms with Gasteiger partial charge in [-0.25, -0.2) is 4.98 Å². The monoisotopic (exact) mass is 311 g/mol. The first-order valence-electron chi connectivity index (χ1n) is 5.58. The lowest BCUT2D eigenvalue weighted by molar-refractivity contribution is -0.140. The van der Waals surface area contributed by atoms with Crippen molar-refractivity contribution in [2.24, 2.45) is 0 Å². The molecule has 0 aliphatic carbocycles. The van der Waals surface area contributed by atoms with Crippen molar-refractivity contribution in [1.29, 1.82) is 0 Å². The van der Waals surface area contributed by atoms with E-state index in [9.17, 15) is 19.2 Å². The molecular formula is C11H9N3O6S. The van der Waals surface area contributed by atoms with Crippen LogP contribution >= 0.6 is 11.3 Å². The lowest BCUT2D eigenvalue weighted by atomic mass is 10.2. The zero-order valence-corrected chi connectivity index (χ0v) is 11.2. The van der Waals surface area contributed by atoms with Gasteiger partial charge in [0.2, 0.25) is 0 Å². The number of carboxylic acid groups (broad SMARTS) is 2. The van der Waals surface area contributed by atoms with Crippen molar-refractivity contribution in [3.63, 3.8) is 0 Å². The summed E-state index contributed by atoms with van der Waals surface area (Å²) in [7, 11) is 0. The summed E-state index contributed by atoms with van der Waals surface area (Å²) in [6.07, 6.45) is 2.44. The van der Waals surface area contributed by atoms with Gasteiger partial charge < -0.3 is 15.1 Å². The first-order valence-corrected chi connectivity index (χ1v) is 6.46. The van der Waals surface area contributed by atoms with Gasteiger partial charge in [0.25, 0.3) is 11.5 Å². The summed E-state index contributed by atoms with van der Waals surface area (Å²) in [6.45, 7) is -1.65. The van der Waals surface area contributed by atoms with E-state index >= 15 is 0 Å². The molecule has 0 spiro atoms. The summed E-state index contributed by atoms with van der Waals surface area (Å²) in [4.78, 5) is 50.5. The predicted octanol–water partition coefficient (Wildman–Crippen LogP) is -0.633. The highest BCUT2D eigenvalue weighted by molar-refractivity contribution is 7.15. The molecule has 110 valence electrons. The van der Waals surface area contributed by atoms with Crippen molar-refractivity contribution >= 4 is 34.1 Å². The largest absolute Gasteiger partial charge is 0.480 e. The molecule has 2 N–H and O–H groups in total. The minimum absolute atomic E-state index is 0.375. The summed E-state index contributed by atoms with van der Waals surface area (Å²) in [6, 6.07) is 0. The van der Waals surface area contributed by atoms with E-state index in [1.807, 2.05) is 0 Å². The van der Waals surface area contributed by atoms with E-state index in [0.717, 1.165) is 10.6 Å². The fourth-order valence-electron chi connectivity index (χ4n) is 1.67. The fourth-order valence-corrected chi connectivity index (χ4v) is 2.34. The van der Waals surface area contributed by atoms with Crippen LogP contribution in [0.2, 0.25) is 0 Å². The van der Waals surface area contributed by atoms with E-state index in [1.54, 1.807) is 5.38 Å². The number of aliphatic carboxylic acids is 2. The first-order chi connectivity index (χ1) is 9.90. The summed E-state index contributed by atoms with van der Waals surface area (Å²) in [5.74, 6) is -3.75. The van der Waals surface area contributed by atoms with Gasteiger partial charge in [0, 0.05) is 17.8 Å². The van der Waals surface area contributed by atoms with Gasteiger partial charge in [-0.2, -0.15) is 0 Å². The zero-order valence-electron chi connectivity index (χ0n) is 10.4. The predicted molar refractivity (Wildman–Crippen MR) is 70.5 cm³/mol. The van der Waals surface area contributed by atoms with E-state index in [4.69, 9.17) is 10.2 Å². The Labute approximate surface area is 120 Å². The molecule has 2 rings (SSSR count). The molecule has 1 amide bonds. The van der Waals surface area contributed by atoms with Crippen LogP contribution < -0.4 is 5.56 Å². The van der Waals surface area contributed by atoms with Gasteiger partial charge in [-0.15, -0.1) is 11.3 Å². The average molecular weight is 311 g/mol. The Morgan fingerprint density at radius 2 is 1.86 bits per heavy atom. The number of thiazole rings is 1. The molecule has 10 heteroatoms. The number of hydrogen-bond acceptors (Lipinski definition) is 6. The van der Waals surface area contributed by atoms with E-state index in [2.05, 4.69) is 4.98 Å². The smallest absolute Gasteiger partial charge is 0.323 e. The molecule has 0 bridgehead atoms. The minimum Gasteiger partial charge on any atom is -0.480 e. The second-order valence-corrected chi connectivity index (χ2v) is 4.85. The van der Waals surface area contributed by atoms with Crippen LogP contribution in [0.15, 0.2) is 22.6 Å². The fraction of sp³-hybridized carbons (Fsp3) is 0.182. The zero-order chi connectivity index (χ0) is 15.6. The Kier molecular flexibility index (Phi) is 3.98. The van der Waals surface area contributed by atoms with Crippen LogP contribution in [0.5, 0.6) is 0 Å². The van der Waals surface area contributed by atoms with Gasteiger partial charge >= 0.3 is 11.9 Å². The van der Waals surface area contributed by atoms with Gasteiger partial charge in [-0.1, -0.05) is 0 Å². The van der Waals surface area contributed by atoms with Crippen molar-refractivity contribution in [2.45, 2.75) is 0 Å². The Bertz CT molecular complexity index is 764. The number of amides is 1.